The van der Waals surface area contributed by atoms with Crippen molar-refractivity contribution in [1.82, 2.24) is 14.7 Å². The minimum atomic E-state index is -1.17. The maximum atomic E-state index is 12.7. The number of carbonyl (C=O) groups is 3. The van der Waals surface area contributed by atoms with Gasteiger partial charge in [0, 0.05) is 26.2 Å². The number of carboxylic acids is 1. The Morgan fingerprint density at radius 3 is 2.44 bits per heavy atom. The number of rotatable bonds is 5. The minimum Gasteiger partial charge on any atom is -0.481 e. The number of hydrogen-bond acceptors (Lipinski definition) is 4. The van der Waals surface area contributed by atoms with Crippen molar-refractivity contribution in [2.75, 3.05) is 45.8 Å². The number of carboxylic acid groups (broad SMARTS) is 1. The van der Waals surface area contributed by atoms with Crippen molar-refractivity contribution in [2.24, 2.45) is 11.3 Å². The Kier molecular flexibility index (Phi) is 5.13. The van der Waals surface area contributed by atoms with Crippen LogP contribution in [-0.4, -0.2) is 83.4 Å². The first-order valence-corrected chi connectivity index (χ1v) is 9.11. The fraction of sp³-hybridized carbons (Fsp3) is 0.722. The summed E-state index contributed by atoms with van der Waals surface area (Å²) in [7, 11) is 0. The summed E-state index contributed by atoms with van der Waals surface area (Å²) in [5.41, 5.74) is -1.17. The molecule has 7 nitrogen and oxygen atoms in total. The topological polar surface area (TPSA) is 81.2 Å². The average Bonchev–Trinajstić information content (AvgIpc) is 2.94. The molecule has 1 N–H and O–H groups in total. The quantitative estimate of drug-likeness (QED) is 0.728. The van der Waals surface area contributed by atoms with Crippen LogP contribution in [0.2, 0.25) is 0 Å². The van der Waals surface area contributed by atoms with E-state index in [0.717, 1.165) is 25.9 Å². The molecule has 3 aliphatic heterocycles. The number of hydrogen-bond donors (Lipinski definition) is 1. The normalized spacial score (nSPS) is 30.2. The van der Waals surface area contributed by atoms with Gasteiger partial charge in [0.25, 0.3) is 0 Å². The molecule has 138 valence electrons. The zero-order valence-corrected chi connectivity index (χ0v) is 14.7. The largest absolute Gasteiger partial charge is 0.481 e. The summed E-state index contributed by atoms with van der Waals surface area (Å²) in [6.07, 6.45) is 6.21. The zero-order valence-electron chi connectivity index (χ0n) is 14.7. The molecule has 3 aliphatic rings. The number of likely N-dealkylation sites (tertiary alicyclic amines) is 3. The predicted octanol–water partition coefficient (Wildman–Crippen LogP) is 0.420. The molecule has 0 aliphatic carbocycles. The Bertz CT molecular complexity index is 571. The van der Waals surface area contributed by atoms with Gasteiger partial charge in [0.2, 0.25) is 11.8 Å². The second-order valence-electron chi connectivity index (χ2n) is 7.49. The second-order valence-corrected chi connectivity index (χ2v) is 7.49. The van der Waals surface area contributed by atoms with Gasteiger partial charge in [-0.05, 0) is 25.9 Å². The van der Waals surface area contributed by atoms with Crippen LogP contribution in [0, 0.1) is 11.3 Å². The SMILES string of the molecule is C=CCN1C[C@]2(C(=O)O)CN(C(=O)CN3CCCCCC3)C[C@@H]2C1=O. The standard InChI is InChI=1S/C18H27N3O4/c1-2-7-20-12-18(17(24)25)13-21(10-14(18)16(20)23)15(22)11-19-8-5-3-4-6-9-19/h2,14H,1,3-13H2,(H,24,25)/t14-,18+/m1/s1. The summed E-state index contributed by atoms with van der Waals surface area (Å²) in [6, 6.07) is 0. The maximum absolute atomic E-state index is 12.7. The highest BCUT2D eigenvalue weighted by Crippen LogP contribution is 2.43. The van der Waals surface area contributed by atoms with Crippen LogP contribution < -0.4 is 0 Å². The van der Waals surface area contributed by atoms with Gasteiger partial charge in [-0.15, -0.1) is 6.58 Å². The molecule has 0 aromatic carbocycles. The second kappa shape index (κ2) is 7.15. The van der Waals surface area contributed by atoms with Gasteiger partial charge in [-0.3, -0.25) is 19.3 Å². The van der Waals surface area contributed by atoms with E-state index in [0.29, 0.717) is 13.1 Å². The molecule has 3 saturated heterocycles. The van der Waals surface area contributed by atoms with Crippen LogP contribution in [0.15, 0.2) is 12.7 Å². The third-order valence-electron chi connectivity index (χ3n) is 5.81. The Hall–Kier alpha value is -1.89. The smallest absolute Gasteiger partial charge is 0.314 e. The number of fused-ring (bicyclic) bond motifs is 1. The van der Waals surface area contributed by atoms with Gasteiger partial charge in [-0.2, -0.15) is 0 Å². The lowest BCUT2D eigenvalue weighted by Crippen LogP contribution is -2.44. The van der Waals surface area contributed by atoms with Gasteiger partial charge in [0.15, 0.2) is 0 Å². The van der Waals surface area contributed by atoms with E-state index < -0.39 is 17.3 Å². The fourth-order valence-corrected chi connectivity index (χ4v) is 4.39. The number of aliphatic carboxylic acids is 1. The van der Waals surface area contributed by atoms with Crippen molar-refractivity contribution < 1.29 is 19.5 Å². The van der Waals surface area contributed by atoms with E-state index in [1.165, 1.54) is 12.8 Å². The molecule has 0 unspecified atom stereocenters. The lowest BCUT2D eigenvalue weighted by molar-refractivity contribution is -0.150. The van der Waals surface area contributed by atoms with Gasteiger partial charge in [-0.25, -0.2) is 0 Å². The average molecular weight is 349 g/mol. The fourth-order valence-electron chi connectivity index (χ4n) is 4.39. The van der Waals surface area contributed by atoms with Gasteiger partial charge < -0.3 is 14.9 Å². The first-order chi connectivity index (χ1) is 12.0. The van der Waals surface area contributed by atoms with Crippen LogP contribution in [0.3, 0.4) is 0 Å². The van der Waals surface area contributed by atoms with Crippen molar-refractivity contribution in [3.63, 3.8) is 0 Å². The van der Waals surface area contributed by atoms with Crippen molar-refractivity contribution >= 4 is 17.8 Å². The van der Waals surface area contributed by atoms with Crippen LogP contribution in [0.5, 0.6) is 0 Å². The monoisotopic (exact) mass is 349 g/mol. The lowest BCUT2D eigenvalue weighted by atomic mass is 9.81. The van der Waals surface area contributed by atoms with Crippen LogP contribution >= 0.6 is 0 Å². The summed E-state index contributed by atoms with van der Waals surface area (Å²) < 4.78 is 0. The van der Waals surface area contributed by atoms with Crippen molar-refractivity contribution in [2.45, 2.75) is 25.7 Å². The van der Waals surface area contributed by atoms with E-state index in [-0.39, 0.29) is 31.4 Å². The molecule has 0 radical (unpaired) electrons. The van der Waals surface area contributed by atoms with E-state index in [4.69, 9.17) is 0 Å². The van der Waals surface area contributed by atoms with Crippen molar-refractivity contribution in [1.29, 1.82) is 0 Å². The van der Waals surface area contributed by atoms with E-state index in [1.807, 2.05) is 0 Å². The molecule has 2 amide bonds. The van der Waals surface area contributed by atoms with Crippen molar-refractivity contribution in [3.8, 4) is 0 Å². The summed E-state index contributed by atoms with van der Waals surface area (Å²) >= 11 is 0. The molecular weight excluding hydrogens is 322 g/mol. The molecule has 0 spiro atoms. The van der Waals surface area contributed by atoms with Gasteiger partial charge in [-0.1, -0.05) is 18.9 Å². The first-order valence-electron chi connectivity index (χ1n) is 9.11. The Morgan fingerprint density at radius 1 is 1.20 bits per heavy atom. The highest BCUT2D eigenvalue weighted by atomic mass is 16.4. The molecule has 2 atom stereocenters. The molecule has 0 bridgehead atoms. The van der Waals surface area contributed by atoms with Crippen LogP contribution in [0.1, 0.15) is 25.7 Å². The Balaban J connectivity index is 1.68. The van der Waals surface area contributed by atoms with Crippen LogP contribution in [0.4, 0.5) is 0 Å². The maximum Gasteiger partial charge on any atom is 0.314 e. The predicted molar refractivity (Wildman–Crippen MR) is 91.8 cm³/mol. The summed E-state index contributed by atoms with van der Waals surface area (Å²) in [5, 5.41) is 9.78. The zero-order chi connectivity index (χ0) is 18.0. The van der Waals surface area contributed by atoms with Gasteiger partial charge >= 0.3 is 5.97 Å². The molecule has 7 heteroatoms. The third-order valence-corrected chi connectivity index (χ3v) is 5.81. The van der Waals surface area contributed by atoms with E-state index in [1.54, 1.807) is 15.9 Å². The first kappa shape index (κ1) is 17.9. The molecule has 0 saturated carbocycles. The molecule has 0 aromatic heterocycles. The highest BCUT2D eigenvalue weighted by Gasteiger charge is 2.62. The molecule has 0 aromatic rings. The van der Waals surface area contributed by atoms with E-state index in [9.17, 15) is 19.5 Å². The highest BCUT2D eigenvalue weighted by molar-refractivity contribution is 5.94. The summed E-state index contributed by atoms with van der Waals surface area (Å²) in [6.45, 7) is 6.63. The summed E-state index contributed by atoms with van der Waals surface area (Å²) in [4.78, 5) is 42.5. The minimum absolute atomic E-state index is 0.0556. The molecule has 3 fully saturated rings. The third kappa shape index (κ3) is 3.29. The van der Waals surface area contributed by atoms with Gasteiger partial charge in [0.1, 0.15) is 5.41 Å². The van der Waals surface area contributed by atoms with Crippen LogP contribution in [0.25, 0.3) is 0 Å². The Labute approximate surface area is 148 Å². The molecule has 3 rings (SSSR count). The Morgan fingerprint density at radius 2 is 1.88 bits per heavy atom. The lowest BCUT2D eigenvalue weighted by Gasteiger charge is -2.27. The van der Waals surface area contributed by atoms with Crippen molar-refractivity contribution in [3.05, 3.63) is 12.7 Å². The molecule has 3 heterocycles. The van der Waals surface area contributed by atoms with E-state index >= 15 is 0 Å². The molecule has 25 heavy (non-hydrogen) atoms. The summed E-state index contributed by atoms with van der Waals surface area (Å²) in [5.74, 6) is -1.85. The van der Waals surface area contributed by atoms with Crippen LogP contribution in [-0.2, 0) is 14.4 Å². The number of nitrogens with zero attached hydrogens (tertiary/aromatic N) is 3. The molecular formula is C18H27N3O4. The number of carbonyl (C=O) groups excluding carboxylic acids is 2. The van der Waals surface area contributed by atoms with Gasteiger partial charge in [0.05, 0.1) is 12.5 Å². The number of amides is 2. The van der Waals surface area contributed by atoms with E-state index in [2.05, 4.69) is 11.5 Å².